The van der Waals surface area contributed by atoms with Gasteiger partial charge in [-0.3, -0.25) is 9.78 Å². The molecule has 6 aromatic rings. The molecule has 8 heteroatoms. The monoisotopic (exact) mass is 560 g/mol. The molecule has 3 aromatic heterocycles. The molecular weight excluding hydrogens is 532 g/mol. The van der Waals surface area contributed by atoms with Gasteiger partial charge in [-0.1, -0.05) is 25.1 Å². The van der Waals surface area contributed by atoms with Crippen LogP contribution in [0.3, 0.4) is 0 Å². The molecule has 0 saturated carbocycles. The van der Waals surface area contributed by atoms with Gasteiger partial charge in [0, 0.05) is 28.4 Å². The van der Waals surface area contributed by atoms with Gasteiger partial charge in [-0.15, -0.1) is 11.3 Å². The van der Waals surface area contributed by atoms with Crippen LogP contribution < -0.4 is 10.9 Å². The van der Waals surface area contributed by atoms with Crippen LogP contribution >= 0.6 is 11.3 Å². The van der Waals surface area contributed by atoms with E-state index in [0.717, 1.165) is 27.2 Å². The number of nitrogens with zero attached hydrogens (tertiary/aromatic N) is 3. The van der Waals surface area contributed by atoms with Gasteiger partial charge in [-0.05, 0) is 86.0 Å². The number of carbonyl (C=O) groups excluding carboxylic acids is 1. The molecule has 7 nitrogen and oxygen atoms in total. The summed E-state index contributed by atoms with van der Waals surface area (Å²) in [5.74, 6) is -0.363. The minimum absolute atomic E-state index is 0.156. The average Bonchev–Trinajstić information content (AvgIpc) is 3.41. The first kappa shape index (κ1) is 26.6. The number of rotatable bonds is 6. The molecule has 1 amide bonds. The van der Waals surface area contributed by atoms with Crippen LogP contribution in [0.15, 0.2) is 88.4 Å². The molecule has 3 heterocycles. The topological polar surface area (TPSA) is 101 Å². The first-order valence-electron chi connectivity index (χ1n) is 13.4. The van der Waals surface area contributed by atoms with Crippen LogP contribution in [0.4, 0.5) is 11.4 Å². The van der Waals surface area contributed by atoms with Gasteiger partial charge in [-0.25, -0.2) is 9.98 Å². The zero-order chi connectivity index (χ0) is 28.5. The fraction of sp³-hybridized carbons (Fsp3) is 0.152. The number of amides is 1. The van der Waals surface area contributed by atoms with Crippen molar-refractivity contribution in [1.82, 2.24) is 9.97 Å². The first-order chi connectivity index (χ1) is 19.9. The first-order valence-corrected chi connectivity index (χ1v) is 14.2. The van der Waals surface area contributed by atoms with Crippen LogP contribution in [0.5, 0.6) is 0 Å². The molecule has 0 aliphatic rings. The summed E-state index contributed by atoms with van der Waals surface area (Å²) in [6.45, 7) is 5.74. The van der Waals surface area contributed by atoms with Gasteiger partial charge in [-0.2, -0.15) is 0 Å². The Balaban J connectivity index is 1.42. The second kappa shape index (κ2) is 11.1. The number of fused-ring (bicyclic) bond motifs is 2. The molecule has 0 fully saturated rings. The summed E-state index contributed by atoms with van der Waals surface area (Å²) < 4.78 is 7.37. The second-order valence-electron chi connectivity index (χ2n) is 9.89. The van der Waals surface area contributed by atoms with Gasteiger partial charge in [0.05, 0.1) is 28.2 Å². The van der Waals surface area contributed by atoms with Crippen molar-refractivity contribution in [1.29, 1.82) is 0 Å². The lowest BCUT2D eigenvalue weighted by Gasteiger charge is -2.10. The maximum Gasteiger partial charge on any atom is 0.261 e. The quantitative estimate of drug-likeness (QED) is 0.223. The van der Waals surface area contributed by atoms with Gasteiger partial charge in [0.2, 0.25) is 5.55 Å². The number of thiazole rings is 1. The Hall–Kier alpha value is -4.66. The van der Waals surface area contributed by atoms with Crippen LogP contribution in [-0.4, -0.2) is 21.0 Å². The summed E-state index contributed by atoms with van der Waals surface area (Å²) >= 11 is 1.65. The number of nitrogens with one attached hydrogen (secondary N) is 1. The maximum absolute atomic E-state index is 13.5. The van der Waals surface area contributed by atoms with E-state index < -0.39 is 0 Å². The summed E-state index contributed by atoms with van der Waals surface area (Å²) in [7, 11) is 0. The van der Waals surface area contributed by atoms with E-state index in [9.17, 15) is 9.90 Å². The molecule has 204 valence electrons. The van der Waals surface area contributed by atoms with Gasteiger partial charge in [0.25, 0.3) is 5.91 Å². The van der Waals surface area contributed by atoms with Crippen molar-refractivity contribution >= 4 is 49.8 Å². The summed E-state index contributed by atoms with van der Waals surface area (Å²) in [6, 6.07) is 23.4. The normalized spacial score (nSPS) is 11.9. The number of pyridine rings is 1. The van der Waals surface area contributed by atoms with Crippen molar-refractivity contribution in [3.8, 4) is 10.6 Å². The van der Waals surface area contributed by atoms with Crippen molar-refractivity contribution in [3.63, 3.8) is 0 Å². The minimum Gasteiger partial charge on any atom is -0.436 e. The number of carbonyl (C=O) groups is 1. The molecule has 0 unspecified atom stereocenters. The largest absolute Gasteiger partial charge is 0.436 e. The number of benzene rings is 3. The fourth-order valence-electron chi connectivity index (χ4n) is 4.63. The van der Waals surface area contributed by atoms with E-state index in [0.29, 0.717) is 33.6 Å². The molecule has 0 radical (unpaired) electrons. The molecule has 6 rings (SSSR count). The smallest absolute Gasteiger partial charge is 0.261 e. The highest BCUT2D eigenvalue weighted by molar-refractivity contribution is 7.21. The zero-order valence-electron chi connectivity index (χ0n) is 22.9. The van der Waals surface area contributed by atoms with E-state index in [1.54, 1.807) is 23.6 Å². The van der Waals surface area contributed by atoms with E-state index in [1.165, 1.54) is 11.1 Å². The van der Waals surface area contributed by atoms with Crippen molar-refractivity contribution in [2.75, 3.05) is 5.32 Å². The van der Waals surface area contributed by atoms with Gasteiger partial charge in [0.1, 0.15) is 10.6 Å². The maximum atomic E-state index is 13.5. The van der Waals surface area contributed by atoms with Crippen molar-refractivity contribution in [2.45, 2.75) is 33.8 Å². The number of hydrogen-bond acceptors (Lipinski definition) is 7. The minimum atomic E-state index is -0.363. The van der Waals surface area contributed by atoms with E-state index in [1.807, 2.05) is 61.5 Å². The molecule has 0 saturated heterocycles. The van der Waals surface area contributed by atoms with Gasteiger partial charge in [0.15, 0.2) is 5.58 Å². The number of aliphatic hydroxyl groups excluding tert-OH is 1. The molecule has 0 atom stereocenters. The molecule has 3 aromatic carbocycles. The van der Waals surface area contributed by atoms with Crippen molar-refractivity contribution in [3.05, 3.63) is 112 Å². The number of anilines is 1. The molecule has 0 aliphatic carbocycles. The van der Waals surface area contributed by atoms with Crippen LogP contribution in [0.2, 0.25) is 0 Å². The van der Waals surface area contributed by atoms with Crippen LogP contribution in [-0.2, 0) is 13.0 Å². The highest BCUT2D eigenvalue weighted by Crippen LogP contribution is 2.31. The van der Waals surface area contributed by atoms with E-state index in [-0.39, 0.29) is 23.6 Å². The second-order valence-corrected chi connectivity index (χ2v) is 10.9. The van der Waals surface area contributed by atoms with Crippen LogP contribution in [0, 0.1) is 13.8 Å². The Morgan fingerprint density at radius 2 is 1.80 bits per heavy atom. The molecule has 0 spiro atoms. The number of aromatic nitrogens is 2. The lowest BCUT2D eigenvalue weighted by atomic mass is 10.1. The predicted octanol–water partition coefficient (Wildman–Crippen LogP) is 7.26. The van der Waals surface area contributed by atoms with Gasteiger partial charge >= 0.3 is 0 Å². The number of hydrogen-bond donors (Lipinski definition) is 2. The van der Waals surface area contributed by atoms with E-state index >= 15 is 0 Å². The molecule has 41 heavy (non-hydrogen) atoms. The Labute approximate surface area is 240 Å². The molecule has 0 bridgehead atoms. The number of aliphatic hydroxyl groups is 1. The lowest BCUT2D eigenvalue weighted by molar-refractivity contribution is 0.102. The van der Waals surface area contributed by atoms with Crippen molar-refractivity contribution < 1.29 is 14.3 Å². The SMILES string of the molecule is CCc1ccc(NC(=O)c2cc3c(CO)cnc(C)c3oc2=Nc2ccc(-c3nc4ccc(C)cc4s3)cc2)cc1. The van der Waals surface area contributed by atoms with Crippen LogP contribution in [0.25, 0.3) is 31.8 Å². The highest BCUT2D eigenvalue weighted by atomic mass is 32.1. The van der Waals surface area contributed by atoms with Crippen LogP contribution in [0.1, 0.15) is 39.7 Å². The van der Waals surface area contributed by atoms with Crippen molar-refractivity contribution in [2.24, 2.45) is 4.99 Å². The van der Waals surface area contributed by atoms with Gasteiger partial charge < -0.3 is 14.8 Å². The fourth-order valence-corrected chi connectivity index (χ4v) is 5.70. The molecular formula is C33H28N4O3S. The van der Waals surface area contributed by atoms with E-state index in [4.69, 9.17) is 14.4 Å². The third-order valence-electron chi connectivity index (χ3n) is 6.97. The lowest BCUT2D eigenvalue weighted by Crippen LogP contribution is -2.22. The summed E-state index contributed by atoms with van der Waals surface area (Å²) in [5.41, 5.74) is 7.72. The van der Waals surface area contributed by atoms with E-state index in [2.05, 4.69) is 36.3 Å². The third kappa shape index (κ3) is 5.39. The highest BCUT2D eigenvalue weighted by Gasteiger charge is 2.17. The summed E-state index contributed by atoms with van der Waals surface area (Å²) in [4.78, 5) is 27.4. The number of aryl methyl sites for hydroxylation is 3. The Morgan fingerprint density at radius 3 is 2.54 bits per heavy atom. The summed E-state index contributed by atoms with van der Waals surface area (Å²) in [6.07, 6.45) is 2.51. The summed E-state index contributed by atoms with van der Waals surface area (Å²) in [5, 5.41) is 14.4. The zero-order valence-corrected chi connectivity index (χ0v) is 23.7. The third-order valence-corrected chi connectivity index (χ3v) is 8.04. The Morgan fingerprint density at radius 1 is 1.02 bits per heavy atom. The standard InChI is InChI=1S/C33H28N4O3S/c1-4-21-6-10-24(11-7-21)35-31(39)27-16-26-23(18-38)17-34-20(3)30(26)40-32(27)36-25-12-8-22(9-13-25)33-37-28-14-5-19(2)15-29(28)41-33/h5-17,38H,4,18H2,1-3H3,(H,35,39). The molecule has 2 N–H and O–H groups in total. The average molecular weight is 561 g/mol. The predicted molar refractivity (Wildman–Crippen MR) is 163 cm³/mol. The Kier molecular flexibility index (Phi) is 7.17. The Bertz CT molecular complexity index is 1970. The molecule has 0 aliphatic heterocycles.